The molecule has 0 amide bonds. The molecule has 0 aliphatic heterocycles. The number of nitrogens with zero attached hydrogens (tertiary/aromatic N) is 1. The number of thiazole rings is 1. The minimum Gasteiger partial charge on any atom is -0.322 e. The van der Waals surface area contributed by atoms with Gasteiger partial charge in [0.2, 0.25) is 0 Å². The summed E-state index contributed by atoms with van der Waals surface area (Å²) in [5.41, 5.74) is 7.92. The summed E-state index contributed by atoms with van der Waals surface area (Å²) >= 11 is 1.62. The number of hydrogen-bond donors (Lipinski definition) is 1. The van der Waals surface area contributed by atoms with E-state index in [2.05, 4.69) is 17.1 Å². The zero-order chi connectivity index (χ0) is 9.97. The Morgan fingerprint density at radius 1 is 1.29 bits per heavy atom. The highest BCUT2D eigenvalue weighted by Gasteiger charge is 2.06. The normalized spacial score (nSPS) is 12.7. The molecule has 1 aromatic heterocycles. The second kappa shape index (κ2) is 3.90. The van der Waals surface area contributed by atoms with E-state index in [0.717, 1.165) is 16.3 Å². The fourth-order valence-electron chi connectivity index (χ4n) is 1.24. The molecule has 3 heteroatoms. The van der Waals surface area contributed by atoms with Gasteiger partial charge in [0.25, 0.3) is 0 Å². The summed E-state index contributed by atoms with van der Waals surface area (Å²) in [6.45, 7) is 1.95. The van der Waals surface area contributed by atoms with Gasteiger partial charge in [-0.2, -0.15) is 0 Å². The Bertz CT molecular complexity index is 406. The highest BCUT2D eigenvalue weighted by molar-refractivity contribution is 7.10. The van der Waals surface area contributed by atoms with Gasteiger partial charge in [-0.3, -0.25) is 0 Å². The molecule has 0 radical (unpaired) electrons. The number of hydrogen-bond acceptors (Lipinski definition) is 3. The van der Waals surface area contributed by atoms with Crippen molar-refractivity contribution in [1.82, 2.24) is 4.98 Å². The summed E-state index contributed by atoms with van der Waals surface area (Å²) in [5.74, 6) is 0. The lowest BCUT2D eigenvalue weighted by Gasteiger charge is -1.97. The summed E-state index contributed by atoms with van der Waals surface area (Å²) in [5, 5.41) is 3.04. The summed E-state index contributed by atoms with van der Waals surface area (Å²) in [6.07, 6.45) is 0. The topological polar surface area (TPSA) is 38.9 Å². The molecule has 0 aliphatic rings. The van der Waals surface area contributed by atoms with E-state index in [1.165, 1.54) is 0 Å². The van der Waals surface area contributed by atoms with E-state index in [1.807, 2.05) is 30.5 Å². The van der Waals surface area contributed by atoms with Crippen LogP contribution in [-0.4, -0.2) is 4.98 Å². The van der Waals surface area contributed by atoms with Crippen molar-refractivity contribution >= 4 is 11.3 Å². The molecule has 0 fully saturated rings. The van der Waals surface area contributed by atoms with Gasteiger partial charge >= 0.3 is 0 Å². The molecule has 72 valence electrons. The van der Waals surface area contributed by atoms with Crippen molar-refractivity contribution in [1.29, 1.82) is 0 Å². The zero-order valence-electron chi connectivity index (χ0n) is 7.97. The Hall–Kier alpha value is -1.19. The van der Waals surface area contributed by atoms with Crippen molar-refractivity contribution in [3.05, 3.63) is 40.7 Å². The fraction of sp³-hybridized carbons (Fsp3) is 0.182. The number of nitrogens with two attached hydrogens (primary N) is 1. The van der Waals surface area contributed by atoms with Gasteiger partial charge in [0.05, 0.1) is 11.7 Å². The molecule has 0 saturated heterocycles. The first-order chi connectivity index (χ1) is 6.77. The van der Waals surface area contributed by atoms with Crippen molar-refractivity contribution < 1.29 is 0 Å². The Balaban J connectivity index is 2.34. The van der Waals surface area contributed by atoms with Crippen molar-refractivity contribution in [2.75, 3.05) is 0 Å². The van der Waals surface area contributed by atoms with Crippen molar-refractivity contribution in [3.8, 4) is 11.3 Å². The van der Waals surface area contributed by atoms with Gasteiger partial charge in [-0.05, 0) is 6.92 Å². The largest absolute Gasteiger partial charge is 0.322 e. The molecule has 1 unspecified atom stereocenters. The highest BCUT2D eigenvalue weighted by Crippen LogP contribution is 2.23. The molecule has 0 aliphatic carbocycles. The Morgan fingerprint density at radius 2 is 2.00 bits per heavy atom. The molecule has 0 saturated carbocycles. The molecular weight excluding hydrogens is 192 g/mol. The molecule has 2 aromatic rings. The molecule has 0 bridgehead atoms. The first-order valence-electron chi connectivity index (χ1n) is 4.54. The van der Waals surface area contributed by atoms with Crippen LogP contribution in [0.15, 0.2) is 35.7 Å². The third kappa shape index (κ3) is 1.84. The second-order valence-electron chi connectivity index (χ2n) is 3.23. The van der Waals surface area contributed by atoms with Crippen LogP contribution in [0.5, 0.6) is 0 Å². The monoisotopic (exact) mass is 204 g/mol. The standard InChI is InChI=1S/C11H12N2S/c1-8(12)11-13-10(7-14-11)9-5-3-2-4-6-9/h2-8H,12H2,1H3. The number of aromatic nitrogens is 1. The number of rotatable bonds is 2. The summed E-state index contributed by atoms with van der Waals surface area (Å²) in [6, 6.07) is 10.2. The first kappa shape index (κ1) is 9.37. The molecule has 1 atom stereocenters. The van der Waals surface area contributed by atoms with E-state index in [0.29, 0.717) is 0 Å². The molecule has 0 spiro atoms. The van der Waals surface area contributed by atoms with Crippen LogP contribution in [0.1, 0.15) is 18.0 Å². The van der Waals surface area contributed by atoms with Crippen LogP contribution >= 0.6 is 11.3 Å². The third-order valence-electron chi connectivity index (χ3n) is 1.98. The lowest BCUT2D eigenvalue weighted by Crippen LogP contribution is -2.03. The summed E-state index contributed by atoms with van der Waals surface area (Å²) in [7, 11) is 0. The van der Waals surface area contributed by atoms with E-state index in [1.54, 1.807) is 11.3 Å². The van der Waals surface area contributed by atoms with Crippen molar-refractivity contribution in [2.24, 2.45) is 5.73 Å². The Labute approximate surface area is 87.4 Å². The smallest absolute Gasteiger partial charge is 0.110 e. The van der Waals surface area contributed by atoms with Crippen LogP contribution in [-0.2, 0) is 0 Å². The van der Waals surface area contributed by atoms with Gasteiger partial charge in [-0.1, -0.05) is 30.3 Å². The van der Waals surface area contributed by atoms with Crippen LogP contribution in [0.25, 0.3) is 11.3 Å². The maximum atomic E-state index is 5.75. The molecule has 1 heterocycles. The Kier molecular flexibility index (Phi) is 2.61. The lowest BCUT2D eigenvalue weighted by atomic mass is 10.2. The van der Waals surface area contributed by atoms with Crippen LogP contribution < -0.4 is 5.73 Å². The molecule has 2 nitrogen and oxygen atoms in total. The van der Waals surface area contributed by atoms with Gasteiger partial charge < -0.3 is 5.73 Å². The van der Waals surface area contributed by atoms with Gasteiger partial charge in [-0.25, -0.2) is 4.98 Å². The van der Waals surface area contributed by atoms with Crippen LogP contribution in [0.2, 0.25) is 0 Å². The lowest BCUT2D eigenvalue weighted by molar-refractivity contribution is 0.808. The molecule has 14 heavy (non-hydrogen) atoms. The quantitative estimate of drug-likeness (QED) is 0.817. The van der Waals surface area contributed by atoms with Gasteiger partial charge in [0.1, 0.15) is 5.01 Å². The fourth-order valence-corrected chi connectivity index (χ4v) is 2.03. The van der Waals surface area contributed by atoms with Gasteiger partial charge in [0, 0.05) is 10.9 Å². The van der Waals surface area contributed by atoms with E-state index in [4.69, 9.17) is 5.73 Å². The average molecular weight is 204 g/mol. The zero-order valence-corrected chi connectivity index (χ0v) is 8.79. The van der Waals surface area contributed by atoms with Crippen LogP contribution in [0, 0.1) is 0 Å². The van der Waals surface area contributed by atoms with Crippen molar-refractivity contribution in [2.45, 2.75) is 13.0 Å². The summed E-state index contributed by atoms with van der Waals surface area (Å²) in [4.78, 5) is 4.47. The minimum absolute atomic E-state index is 0.0254. The molecule has 2 rings (SSSR count). The predicted octanol–water partition coefficient (Wildman–Crippen LogP) is 2.83. The van der Waals surface area contributed by atoms with E-state index >= 15 is 0 Å². The van der Waals surface area contributed by atoms with Crippen molar-refractivity contribution in [3.63, 3.8) is 0 Å². The third-order valence-corrected chi connectivity index (χ3v) is 3.03. The van der Waals surface area contributed by atoms with Crippen LogP contribution in [0.3, 0.4) is 0 Å². The maximum absolute atomic E-state index is 5.75. The van der Waals surface area contributed by atoms with Gasteiger partial charge in [0.15, 0.2) is 0 Å². The van der Waals surface area contributed by atoms with E-state index < -0.39 is 0 Å². The average Bonchev–Trinajstić information content (AvgIpc) is 2.68. The molecular formula is C11H12N2S. The second-order valence-corrected chi connectivity index (χ2v) is 4.12. The predicted molar refractivity (Wildman–Crippen MR) is 60.2 cm³/mol. The van der Waals surface area contributed by atoms with E-state index in [-0.39, 0.29) is 6.04 Å². The van der Waals surface area contributed by atoms with Gasteiger partial charge in [-0.15, -0.1) is 11.3 Å². The Morgan fingerprint density at radius 3 is 2.57 bits per heavy atom. The highest BCUT2D eigenvalue weighted by atomic mass is 32.1. The maximum Gasteiger partial charge on any atom is 0.110 e. The molecule has 1 aromatic carbocycles. The van der Waals surface area contributed by atoms with Crippen LogP contribution in [0.4, 0.5) is 0 Å². The minimum atomic E-state index is 0.0254. The SMILES string of the molecule is CC(N)c1nc(-c2ccccc2)cs1. The first-order valence-corrected chi connectivity index (χ1v) is 5.42. The summed E-state index contributed by atoms with van der Waals surface area (Å²) < 4.78 is 0. The van der Waals surface area contributed by atoms with E-state index in [9.17, 15) is 0 Å². The number of benzene rings is 1. The molecule has 2 N–H and O–H groups in total.